The first-order chi connectivity index (χ1) is 11.6. The highest BCUT2D eigenvalue weighted by atomic mass is 19.1. The summed E-state index contributed by atoms with van der Waals surface area (Å²) < 4.78 is 20.4. The Labute approximate surface area is 137 Å². The molecule has 0 aliphatic rings. The number of hydrogen-bond donors (Lipinski definition) is 2. The van der Waals surface area contributed by atoms with Crippen LogP contribution in [0.3, 0.4) is 0 Å². The molecule has 0 aliphatic heterocycles. The number of carbonyl (C=O) groups is 2. The number of halogens is 1. The van der Waals surface area contributed by atoms with Crippen LogP contribution >= 0.6 is 0 Å². The van der Waals surface area contributed by atoms with Crippen LogP contribution < -0.4 is 5.32 Å². The fourth-order valence-corrected chi connectivity index (χ4v) is 2.09. The molecule has 2 heterocycles. The third kappa shape index (κ3) is 3.93. The second-order valence-corrected chi connectivity index (χ2v) is 4.80. The van der Waals surface area contributed by atoms with E-state index >= 15 is 0 Å². The van der Waals surface area contributed by atoms with E-state index in [9.17, 15) is 14.0 Å². The molecule has 0 saturated carbocycles. The molecule has 0 aliphatic carbocycles. The summed E-state index contributed by atoms with van der Waals surface area (Å²) in [5.74, 6) is -2.18. The highest BCUT2D eigenvalue weighted by molar-refractivity contribution is 5.89. The molecule has 2 aromatic rings. The van der Waals surface area contributed by atoms with Crippen molar-refractivity contribution in [2.75, 3.05) is 20.3 Å². The number of methoxy groups -OCH3 is 1. The highest BCUT2D eigenvalue weighted by Gasteiger charge is 2.25. The molecule has 0 aromatic carbocycles. The minimum atomic E-state index is -0.878. The van der Waals surface area contributed by atoms with Gasteiger partial charge in [0, 0.05) is 19.3 Å². The normalized spacial score (nSPS) is 10.5. The molecule has 0 atom stereocenters. The molecule has 1 amide bonds. The fraction of sp³-hybridized carbons (Fsp3) is 0.333. The van der Waals surface area contributed by atoms with Gasteiger partial charge in [0.2, 0.25) is 11.6 Å². The zero-order valence-electron chi connectivity index (χ0n) is 13.0. The maximum absolute atomic E-state index is 14.6. The SMILES string of the molecule is COC(=O)c1nn(CCCNC(=O)CO)c(-c2ccccn2)c1F. The zero-order valence-corrected chi connectivity index (χ0v) is 13.0. The summed E-state index contributed by atoms with van der Waals surface area (Å²) in [6.07, 6.45) is 1.93. The van der Waals surface area contributed by atoms with Gasteiger partial charge < -0.3 is 15.2 Å². The van der Waals surface area contributed by atoms with E-state index in [2.05, 4.69) is 20.1 Å². The van der Waals surface area contributed by atoms with Crippen LogP contribution in [0.5, 0.6) is 0 Å². The molecular weight excluding hydrogens is 319 g/mol. The largest absolute Gasteiger partial charge is 0.464 e. The number of rotatable bonds is 7. The maximum atomic E-state index is 14.6. The molecule has 0 bridgehead atoms. The van der Waals surface area contributed by atoms with Crippen LogP contribution in [-0.2, 0) is 16.1 Å². The first-order valence-corrected chi connectivity index (χ1v) is 7.22. The number of aliphatic hydroxyl groups is 1. The molecule has 128 valence electrons. The first kappa shape index (κ1) is 17.5. The van der Waals surface area contributed by atoms with E-state index in [0.29, 0.717) is 12.1 Å². The van der Waals surface area contributed by atoms with Crippen molar-refractivity contribution in [3.05, 3.63) is 35.9 Å². The van der Waals surface area contributed by atoms with E-state index in [1.807, 2.05) is 0 Å². The lowest BCUT2D eigenvalue weighted by atomic mass is 10.2. The van der Waals surface area contributed by atoms with E-state index < -0.39 is 30.0 Å². The van der Waals surface area contributed by atoms with Crippen LogP contribution in [-0.4, -0.2) is 52.0 Å². The van der Waals surface area contributed by atoms with Crippen molar-refractivity contribution in [3.8, 4) is 11.4 Å². The smallest absolute Gasteiger partial charge is 0.361 e. The minimum absolute atomic E-state index is 0.0736. The van der Waals surface area contributed by atoms with Gasteiger partial charge in [-0.15, -0.1) is 0 Å². The van der Waals surface area contributed by atoms with E-state index in [4.69, 9.17) is 5.11 Å². The van der Waals surface area contributed by atoms with E-state index in [-0.39, 0.29) is 18.8 Å². The van der Waals surface area contributed by atoms with Gasteiger partial charge in [-0.25, -0.2) is 9.18 Å². The molecular formula is C15H17FN4O4. The van der Waals surface area contributed by atoms with E-state index in [0.717, 1.165) is 7.11 Å². The summed E-state index contributed by atoms with van der Waals surface area (Å²) in [7, 11) is 1.14. The number of aryl methyl sites for hydroxylation is 1. The lowest BCUT2D eigenvalue weighted by Crippen LogP contribution is -2.27. The average Bonchev–Trinajstić information content (AvgIpc) is 2.94. The van der Waals surface area contributed by atoms with Gasteiger partial charge in [0.05, 0.1) is 12.8 Å². The molecule has 0 unspecified atom stereocenters. The number of ether oxygens (including phenoxy) is 1. The van der Waals surface area contributed by atoms with Crippen molar-refractivity contribution < 1.29 is 23.8 Å². The van der Waals surface area contributed by atoms with Gasteiger partial charge in [-0.2, -0.15) is 5.10 Å². The van der Waals surface area contributed by atoms with Gasteiger partial charge in [0.15, 0.2) is 5.82 Å². The molecule has 0 spiro atoms. The molecule has 0 radical (unpaired) electrons. The van der Waals surface area contributed by atoms with Crippen LogP contribution in [0.15, 0.2) is 24.4 Å². The van der Waals surface area contributed by atoms with Gasteiger partial charge >= 0.3 is 5.97 Å². The molecule has 24 heavy (non-hydrogen) atoms. The Morgan fingerprint density at radius 2 is 2.21 bits per heavy atom. The Bertz CT molecular complexity index is 718. The Kier molecular flexibility index (Phi) is 5.96. The average molecular weight is 336 g/mol. The molecule has 2 aromatic heterocycles. The van der Waals surface area contributed by atoms with E-state index in [1.165, 1.54) is 10.9 Å². The van der Waals surface area contributed by atoms with Crippen LogP contribution in [0, 0.1) is 5.82 Å². The monoisotopic (exact) mass is 336 g/mol. The Morgan fingerprint density at radius 1 is 1.42 bits per heavy atom. The van der Waals surface area contributed by atoms with Gasteiger partial charge in [-0.3, -0.25) is 14.5 Å². The van der Waals surface area contributed by atoms with Crippen molar-refractivity contribution in [1.29, 1.82) is 0 Å². The predicted molar refractivity (Wildman–Crippen MR) is 81.5 cm³/mol. The third-order valence-corrected chi connectivity index (χ3v) is 3.19. The number of amides is 1. The van der Waals surface area contributed by atoms with Crippen molar-refractivity contribution in [2.45, 2.75) is 13.0 Å². The number of hydrogen-bond acceptors (Lipinski definition) is 6. The number of pyridine rings is 1. The summed E-state index contributed by atoms with van der Waals surface area (Å²) in [5, 5.41) is 15.1. The lowest BCUT2D eigenvalue weighted by molar-refractivity contribution is -0.123. The third-order valence-electron chi connectivity index (χ3n) is 3.19. The number of aromatic nitrogens is 3. The van der Waals surface area contributed by atoms with Gasteiger partial charge in [-0.1, -0.05) is 6.07 Å². The predicted octanol–water partition coefficient (Wildman–Crippen LogP) is 0.369. The maximum Gasteiger partial charge on any atom is 0.361 e. The van der Waals surface area contributed by atoms with Crippen LogP contribution in [0.25, 0.3) is 11.4 Å². The van der Waals surface area contributed by atoms with Crippen LogP contribution in [0.2, 0.25) is 0 Å². The molecule has 0 fully saturated rings. The summed E-state index contributed by atoms with van der Waals surface area (Å²) in [6, 6.07) is 4.98. The highest BCUT2D eigenvalue weighted by Crippen LogP contribution is 2.24. The first-order valence-electron chi connectivity index (χ1n) is 7.22. The standard InChI is InChI=1S/C15H17FN4O4/c1-24-15(23)13-12(16)14(10-5-2-3-6-17-10)20(19-13)8-4-7-18-11(22)9-21/h2-3,5-6,21H,4,7-9H2,1H3,(H,18,22). The molecule has 8 nitrogen and oxygen atoms in total. The molecule has 2 rings (SSSR count). The lowest BCUT2D eigenvalue weighted by Gasteiger charge is -2.07. The number of carbonyl (C=O) groups excluding carboxylic acids is 2. The summed E-state index contributed by atoms with van der Waals surface area (Å²) in [6.45, 7) is -0.0797. The Hall–Kier alpha value is -2.81. The molecule has 2 N–H and O–H groups in total. The number of aliphatic hydroxyl groups excluding tert-OH is 1. The quantitative estimate of drug-likeness (QED) is 0.559. The summed E-state index contributed by atoms with van der Waals surface area (Å²) in [5.41, 5.74) is -0.0147. The topological polar surface area (TPSA) is 106 Å². The number of nitrogens with zero attached hydrogens (tertiary/aromatic N) is 3. The summed E-state index contributed by atoms with van der Waals surface area (Å²) >= 11 is 0. The zero-order chi connectivity index (χ0) is 17.5. The van der Waals surface area contributed by atoms with Crippen molar-refractivity contribution in [1.82, 2.24) is 20.1 Å². The van der Waals surface area contributed by atoms with Crippen LogP contribution in [0.1, 0.15) is 16.9 Å². The minimum Gasteiger partial charge on any atom is -0.464 e. The molecule has 0 saturated heterocycles. The fourth-order valence-electron chi connectivity index (χ4n) is 2.09. The molecule has 9 heteroatoms. The number of nitrogens with one attached hydrogen (secondary N) is 1. The van der Waals surface area contributed by atoms with Gasteiger partial charge in [0.25, 0.3) is 0 Å². The van der Waals surface area contributed by atoms with Gasteiger partial charge in [-0.05, 0) is 18.6 Å². The summed E-state index contributed by atoms with van der Waals surface area (Å²) in [4.78, 5) is 26.7. The second-order valence-electron chi connectivity index (χ2n) is 4.80. The van der Waals surface area contributed by atoms with Crippen molar-refractivity contribution in [3.63, 3.8) is 0 Å². The van der Waals surface area contributed by atoms with Crippen LogP contribution in [0.4, 0.5) is 4.39 Å². The van der Waals surface area contributed by atoms with Gasteiger partial charge in [0.1, 0.15) is 12.3 Å². The van der Waals surface area contributed by atoms with Crippen molar-refractivity contribution in [2.24, 2.45) is 0 Å². The number of esters is 1. The van der Waals surface area contributed by atoms with E-state index in [1.54, 1.807) is 18.2 Å². The Balaban J connectivity index is 2.25. The van der Waals surface area contributed by atoms with Crippen molar-refractivity contribution >= 4 is 11.9 Å². The Morgan fingerprint density at radius 3 is 2.83 bits per heavy atom. The second kappa shape index (κ2) is 8.16.